The van der Waals surface area contributed by atoms with Gasteiger partial charge in [0.05, 0.1) is 16.0 Å². The number of rotatable bonds is 5. The van der Waals surface area contributed by atoms with Crippen LogP contribution in [0.2, 0.25) is 0 Å². The second kappa shape index (κ2) is 7.70. The van der Waals surface area contributed by atoms with Crippen molar-refractivity contribution >= 4 is 38.4 Å². The van der Waals surface area contributed by atoms with E-state index in [1.54, 1.807) is 18.2 Å². The van der Waals surface area contributed by atoms with Gasteiger partial charge in [-0.2, -0.15) is 0 Å². The van der Waals surface area contributed by atoms with Crippen LogP contribution in [0.5, 0.6) is 5.75 Å². The second-order valence-electron chi connectivity index (χ2n) is 5.95. The summed E-state index contributed by atoms with van der Waals surface area (Å²) in [5.74, 6) is 0.654. The van der Waals surface area contributed by atoms with Gasteiger partial charge in [-0.3, -0.25) is 0 Å². The van der Waals surface area contributed by atoms with Gasteiger partial charge in [0.1, 0.15) is 5.75 Å². The van der Waals surface area contributed by atoms with Gasteiger partial charge in [-0.05, 0) is 66.7 Å². The summed E-state index contributed by atoms with van der Waals surface area (Å²) in [5.41, 5.74) is 0. The maximum Gasteiger partial charge on any atom is 0.240 e. The van der Waals surface area contributed by atoms with Crippen molar-refractivity contribution in [2.24, 2.45) is 0 Å². The van der Waals surface area contributed by atoms with E-state index < -0.39 is 10.0 Å². The maximum atomic E-state index is 12.6. The molecule has 23 heavy (non-hydrogen) atoms. The molecule has 2 aliphatic rings. The van der Waals surface area contributed by atoms with Crippen LogP contribution in [0, 0.1) is 0 Å². The predicted octanol–water partition coefficient (Wildman–Crippen LogP) is 2.83. The summed E-state index contributed by atoms with van der Waals surface area (Å²) < 4.78 is 34.1. The Labute approximate surface area is 152 Å². The summed E-state index contributed by atoms with van der Waals surface area (Å²) in [7, 11) is -3.50. The van der Waals surface area contributed by atoms with Crippen molar-refractivity contribution in [2.45, 2.75) is 55.6 Å². The van der Waals surface area contributed by atoms with Gasteiger partial charge < -0.3 is 10.1 Å². The van der Waals surface area contributed by atoms with Crippen molar-refractivity contribution in [3.8, 4) is 5.75 Å². The fourth-order valence-electron chi connectivity index (χ4n) is 3.36. The molecule has 0 saturated carbocycles. The van der Waals surface area contributed by atoms with Gasteiger partial charge >= 0.3 is 0 Å². The van der Waals surface area contributed by atoms with Crippen LogP contribution < -0.4 is 14.8 Å². The van der Waals surface area contributed by atoms with Gasteiger partial charge in [-0.25, -0.2) is 13.1 Å². The standard InChI is InChI=1S/C15H21BrN2O3S.ClH/c1-2-21-15-6-5-13(9-14(15)16)22(19,20)18-12-7-10-3-4-11(8-12)17-10;/h5-6,9-12,17-18H,2-4,7-8H2,1H3;1H. The molecule has 2 fully saturated rings. The zero-order chi connectivity index (χ0) is 15.7. The third-order valence-electron chi connectivity index (χ3n) is 4.31. The lowest BCUT2D eigenvalue weighted by Gasteiger charge is -2.29. The molecule has 0 amide bonds. The van der Waals surface area contributed by atoms with Crippen LogP contribution in [0.3, 0.4) is 0 Å². The van der Waals surface area contributed by atoms with E-state index in [1.165, 1.54) is 0 Å². The first-order chi connectivity index (χ1) is 10.5. The largest absolute Gasteiger partial charge is 0.493 e. The van der Waals surface area contributed by atoms with Gasteiger partial charge in [0.2, 0.25) is 10.0 Å². The van der Waals surface area contributed by atoms with Crippen molar-refractivity contribution < 1.29 is 13.2 Å². The van der Waals surface area contributed by atoms with Crippen molar-refractivity contribution in [1.29, 1.82) is 0 Å². The van der Waals surface area contributed by atoms with Crippen LogP contribution in [0.15, 0.2) is 27.6 Å². The van der Waals surface area contributed by atoms with Crippen LogP contribution in [0.25, 0.3) is 0 Å². The van der Waals surface area contributed by atoms with Crippen molar-refractivity contribution in [1.82, 2.24) is 10.0 Å². The van der Waals surface area contributed by atoms with E-state index in [-0.39, 0.29) is 23.3 Å². The average molecular weight is 426 g/mol. The number of hydrogen-bond acceptors (Lipinski definition) is 4. The van der Waals surface area contributed by atoms with Crippen LogP contribution in [-0.2, 0) is 10.0 Å². The lowest BCUT2D eigenvalue weighted by molar-refractivity contribution is 0.337. The normalized spacial score (nSPS) is 26.6. The van der Waals surface area contributed by atoms with Crippen LogP contribution in [-0.4, -0.2) is 33.2 Å². The fraction of sp³-hybridized carbons (Fsp3) is 0.600. The zero-order valence-corrected chi connectivity index (χ0v) is 16.1. The molecular weight excluding hydrogens is 404 g/mol. The average Bonchev–Trinajstić information content (AvgIpc) is 2.80. The smallest absolute Gasteiger partial charge is 0.240 e. The molecule has 1 aromatic carbocycles. The Hall–Kier alpha value is -0.340. The molecule has 3 rings (SSSR count). The Morgan fingerprint density at radius 3 is 2.52 bits per heavy atom. The van der Waals surface area contributed by atoms with Gasteiger partial charge in [-0.1, -0.05) is 0 Å². The molecule has 0 aliphatic carbocycles. The Bertz CT molecular complexity index is 644. The van der Waals surface area contributed by atoms with E-state index in [0.29, 0.717) is 28.9 Å². The number of sulfonamides is 1. The molecular formula is C15H22BrClN2O3S. The van der Waals surface area contributed by atoms with Crippen LogP contribution in [0.1, 0.15) is 32.6 Å². The number of ether oxygens (including phenoxy) is 1. The number of hydrogen-bond donors (Lipinski definition) is 2. The quantitative estimate of drug-likeness (QED) is 0.761. The summed E-state index contributed by atoms with van der Waals surface area (Å²) in [5, 5.41) is 3.52. The minimum Gasteiger partial charge on any atom is -0.493 e. The molecule has 2 N–H and O–H groups in total. The Kier molecular flexibility index (Phi) is 6.35. The first-order valence-electron chi connectivity index (χ1n) is 7.68. The number of benzene rings is 1. The van der Waals surface area contributed by atoms with Gasteiger partial charge in [0, 0.05) is 18.1 Å². The number of fused-ring (bicyclic) bond motifs is 2. The SMILES string of the molecule is CCOc1ccc(S(=O)(=O)NC2CC3CCC(C2)N3)cc1Br.Cl. The maximum absolute atomic E-state index is 12.6. The second-order valence-corrected chi connectivity index (χ2v) is 8.52. The van der Waals surface area contributed by atoms with Gasteiger partial charge in [0.25, 0.3) is 0 Å². The van der Waals surface area contributed by atoms with E-state index in [2.05, 4.69) is 26.0 Å². The molecule has 8 heteroatoms. The molecule has 0 radical (unpaired) electrons. The highest BCUT2D eigenvalue weighted by Crippen LogP contribution is 2.30. The molecule has 2 unspecified atom stereocenters. The monoisotopic (exact) mass is 424 g/mol. The summed E-state index contributed by atoms with van der Waals surface area (Å²) in [6, 6.07) is 5.82. The third-order valence-corrected chi connectivity index (χ3v) is 6.45. The molecule has 2 bridgehead atoms. The first kappa shape index (κ1) is 19.0. The number of piperidine rings is 1. The zero-order valence-electron chi connectivity index (χ0n) is 12.9. The molecule has 130 valence electrons. The third kappa shape index (κ3) is 4.39. The highest BCUT2D eigenvalue weighted by molar-refractivity contribution is 9.10. The molecule has 0 spiro atoms. The Balaban J connectivity index is 0.00000192. The fourth-order valence-corrected chi connectivity index (χ4v) is 5.29. The minimum absolute atomic E-state index is 0. The molecule has 2 saturated heterocycles. The minimum atomic E-state index is -3.50. The van der Waals surface area contributed by atoms with E-state index in [4.69, 9.17) is 4.74 Å². The van der Waals surface area contributed by atoms with E-state index in [0.717, 1.165) is 25.7 Å². The van der Waals surface area contributed by atoms with E-state index in [9.17, 15) is 8.42 Å². The molecule has 1 aromatic rings. The predicted molar refractivity (Wildman–Crippen MR) is 95.8 cm³/mol. The molecule has 2 heterocycles. The number of nitrogens with one attached hydrogen (secondary N) is 2. The Morgan fingerprint density at radius 1 is 1.30 bits per heavy atom. The Morgan fingerprint density at radius 2 is 1.96 bits per heavy atom. The summed E-state index contributed by atoms with van der Waals surface area (Å²) >= 11 is 3.37. The topological polar surface area (TPSA) is 67.4 Å². The summed E-state index contributed by atoms with van der Waals surface area (Å²) in [6.45, 7) is 2.44. The number of halogens is 2. The highest BCUT2D eigenvalue weighted by Gasteiger charge is 2.35. The summed E-state index contributed by atoms with van der Waals surface area (Å²) in [4.78, 5) is 0.272. The lowest BCUT2D eigenvalue weighted by atomic mass is 10.0. The molecule has 0 aromatic heterocycles. The van der Waals surface area contributed by atoms with Crippen LogP contribution in [0.4, 0.5) is 0 Å². The van der Waals surface area contributed by atoms with Crippen molar-refractivity contribution in [3.63, 3.8) is 0 Å². The van der Waals surface area contributed by atoms with E-state index >= 15 is 0 Å². The van der Waals surface area contributed by atoms with Crippen LogP contribution >= 0.6 is 28.3 Å². The molecule has 2 atom stereocenters. The van der Waals surface area contributed by atoms with Gasteiger partial charge in [-0.15, -0.1) is 12.4 Å². The lowest BCUT2D eigenvalue weighted by Crippen LogP contribution is -2.47. The first-order valence-corrected chi connectivity index (χ1v) is 9.96. The van der Waals surface area contributed by atoms with E-state index in [1.807, 2.05) is 6.92 Å². The van der Waals surface area contributed by atoms with Crippen molar-refractivity contribution in [3.05, 3.63) is 22.7 Å². The van der Waals surface area contributed by atoms with Gasteiger partial charge in [0.15, 0.2) is 0 Å². The van der Waals surface area contributed by atoms with Crippen molar-refractivity contribution in [2.75, 3.05) is 6.61 Å². The highest BCUT2D eigenvalue weighted by atomic mass is 79.9. The summed E-state index contributed by atoms with van der Waals surface area (Å²) in [6.07, 6.45) is 4.04. The molecule has 2 aliphatic heterocycles. The molecule has 5 nitrogen and oxygen atoms in total.